The van der Waals surface area contributed by atoms with Crippen LogP contribution in [0.15, 0.2) is 28.8 Å². The van der Waals surface area contributed by atoms with Gasteiger partial charge in [-0.2, -0.15) is 0 Å². The summed E-state index contributed by atoms with van der Waals surface area (Å²) in [6, 6.07) is 6.60. The molecule has 0 saturated carbocycles. The summed E-state index contributed by atoms with van der Waals surface area (Å²) >= 11 is 0. The van der Waals surface area contributed by atoms with Crippen LogP contribution in [0.3, 0.4) is 0 Å². The van der Waals surface area contributed by atoms with Gasteiger partial charge in [0, 0.05) is 41.8 Å². The standard InChI is InChI=1S/C18H19FN4O/c1-11-9-12(2)21-18(20-11)23-7-5-13(6-8-23)17-15-4-3-14(19)10-16(15)24-22-17/h3-4,9-10,13H,5-8H2,1-2H3. The van der Waals surface area contributed by atoms with Gasteiger partial charge < -0.3 is 9.42 Å². The Morgan fingerprint density at radius 2 is 1.79 bits per heavy atom. The molecule has 1 fully saturated rings. The number of hydrogen-bond acceptors (Lipinski definition) is 5. The van der Waals surface area contributed by atoms with Crippen molar-refractivity contribution in [2.45, 2.75) is 32.6 Å². The maximum Gasteiger partial charge on any atom is 0.225 e. The summed E-state index contributed by atoms with van der Waals surface area (Å²) in [5, 5.41) is 5.11. The Hall–Kier alpha value is -2.50. The van der Waals surface area contributed by atoms with Gasteiger partial charge in [0.25, 0.3) is 0 Å². The lowest BCUT2D eigenvalue weighted by atomic mass is 9.92. The van der Waals surface area contributed by atoms with Crippen molar-refractivity contribution in [3.63, 3.8) is 0 Å². The van der Waals surface area contributed by atoms with E-state index >= 15 is 0 Å². The second-order valence-corrected chi connectivity index (χ2v) is 6.42. The van der Waals surface area contributed by atoms with Gasteiger partial charge in [0.15, 0.2) is 5.58 Å². The summed E-state index contributed by atoms with van der Waals surface area (Å²) in [4.78, 5) is 11.3. The fourth-order valence-corrected chi connectivity index (χ4v) is 3.43. The van der Waals surface area contributed by atoms with E-state index in [9.17, 15) is 4.39 Å². The molecule has 0 amide bonds. The molecule has 0 radical (unpaired) electrons. The summed E-state index contributed by atoms with van der Waals surface area (Å²) in [5.41, 5.74) is 3.43. The van der Waals surface area contributed by atoms with Crippen LogP contribution in [0.5, 0.6) is 0 Å². The molecule has 5 nitrogen and oxygen atoms in total. The molecule has 1 aliphatic rings. The van der Waals surface area contributed by atoms with E-state index in [-0.39, 0.29) is 5.82 Å². The molecule has 1 saturated heterocycles. The first-order valence-electron chi connectivity index (χ1n) is 8.22. The molecule has 0 atom stereocenters. The highest BCUT2D eigenvalue weighted by Crippen LogP contribution is 2.33. The van der Waals surface area contributed by atoms with Crippen molar-refractivity contribution in [3.05, 3.63) is 47.2 Å². The van der Waals surface area contributed by atoms with Gasteiger partial charge in [-0.1, -0.05) is 5.16 Å². The quantitative estimate of drug-likeness (QED) is 0.718. The van der Waals surface area contributed by atoms with E-state index in [1.54, 1.807) is 6.07 Å². The number of aryl methyl sites for hydroxylation is 2. The summed E-state index contributed by atoms with van der Waals surface area (Å²) < 4.78 is 18.6. The fraction of sp³-hybridized carbons (Fsp3) is 0.389. The van der Waals surface area contributed by atoms with Gasteiger partial charge in [0.05, 0.1) is 5.69 Å². The van der Waals surface area contributed by atoms with Crippen molar-refractivity contribution in [3.8, 4) is 0 Å². The highest BCUT2D eigenvalue weighted by atomic mass is 19.1. The van der Waals surface area contributed by atoms with Crippen molar-refractivity contribution < 1.29 is 8.91 Å². The van der Waals surface area contributed by atoms with E-state index in [1.165, 1.54) is 12.1 Å². The summed E-state index contributed by atoms with van der Waals surface area (Å²) in [6.07, 6.45) is 1.91. The Balaban J connectivity index is 1.53. The van der Waals surface area contributed by atoms with Crippen LogP contribution in [0.2, 0.25) is 0 Å². The molecule has 0 unspecified atom stereocenters. The third-order valence-electron chi connectivity index (χ3n) is 4.60. The highest BCUT2D eigenvalue weighted by Gasteiger charge is 2.26. The van der Waals surface area contributed by atoms with Crippen molar-refractivity contribution in [1.29, 1.82) is 0 Å². The molecule has 2 aromatic heterocycles. The number of benzene rings is 1. The van der Waals surface area contributed by atoms with Crippen LogP contribution in [0.1, 0.15) is 35.8 Å². The first kappa shape index (κ1) is 15.1. The Morgan fingerprint density at radius 3 is 2.50 bits per heavy atom. The van der Waals surface area contributed by atoms with E-state index in [4.69, 9.17) is 4.52 Å². The normalized spacial score (nSPS) is 16.0. The molecule has 124 valence electrons. The SMILES string of the molecule is Cc1cc(C)nc(N2CCC(c3noc4cc(F)ccc34)CC2)n1. The highest BCUT2D eigenvalue weighted by molar-refractivity contribution is 5.79. The second kappa shape index (κ2) is 5.85. The van der Waals surface area contributed by atoms with E-state index in [2.05, 4.69) is 20.0 Å². The van der Waals surface area contributed by atoms with Crippen molar-refractivity contribution in [1.82, 2.24) is 15.1 Å². The topological polar surface area (TPSA) is 55.1 Å². The average molecular weight is 326 g/mol. The predicted octanol–water partition coefficient (Wildman–Crippen LogP) is 3.76. The third kappa shape index (κ3) is 2.72. The summed E-state index contributed by atoms with van der Waals surface area (Å²) in [6.45, 7) is 5.74. The van der Waals surface area contributed by atoms with Crippen molar-refractivity contribution in [2.75, 3.05) is 18.0 Å². The minimum Gasteiger partial charge on any atom is -0.356 e. The number of anilines is 1. The Labute approximate surface area is 139 Å². The van der Waals surface area contributed by atoms with Gasteiger partial charge in [-0.3, -0.25) is 0 Å². The van der Waals surface area contributed by atoms with Crippen LogP contribution in [-0.4, -0.2) is 28.2 Å². The van der Waals surface area contributed by atoms with Crippen LogP contribution in [0, 0.1) is 19.7 Å². The second-order valence-electron chi connectivity index (χ2n) is 6.42. The average Bonchev–Trinajstić information content (AvgIpc) is 2.97. The third-order valence-corrected chi connectivity index (χ3v) is 4.60. The molecule has 0 bridgehead atoms. The summed E-state index contributed by atoms with van der Waals surface area (Å²) in [7, 11) is 0. The zero-order valence-electron chi connectivity index (χ0n) is 13.8. The van der Waals surface area contributed by atoms with Gasteiger partial charge in [-0.15, -0.1) is 0 Å². The molecule has 0 aliphatic carbocycles. The molecule has 1 aromatic carbocycles. The van der Waals surface area contributed by atoms with Crippen LogP contribution in [0.4, 0.5) is 10.3 Å². The number of rotatable bonds is 2. The first-order chi connectivity index (χ1) is 11.6. The molecule has 0 N–H and O–H groups in total. The van der Waals surface area contributed by atoms with Crippen molar-refractivity contribution >= 4 is 16.9 Å². The van der Waals surface area contributed by atoms with Gasteiger partial charge in [0.1, 0.15) is 5.82 Å². The smallest absolute Gasteiger partial charge is 0.225 e. The molecular weight excluding hydrogens is 307 g/mol. The maximum atomic E-state index is 13.3. The van der Waals surface area contributed by atoms with Crippen LogP contribution in [0.25, 0.3) is 11.0 Å². The number of hydrogen-bond donors (Lipinski definition) is 0. The summed E-state index contributed by atoms with van der Waals surface area (Å²) in [5.74, 6) is 0.823. The van der Waals surface area contributed by atoms with Gasteiger partial charge in [-0.25, -0.2) is 14.4 Å². The monoisotopic (exact) mass is 326 g/mol. The van der Waals surface area contributed by atoms with E-state index in [0.717, 1.165) is 54.3 Å². The van der Waals surface area contributed by atoms with Crippen molar-refractivity contribution in [2.24, 2.45) is 0 Å². The lowest BCUT2D eigenvalue weighted by Gasteiger charge is -2.31. The minimum absolute atomic E-state index is 0.299. The Kier molecular flexibility index (Phi) is 3.67. The van der Waals surface area contributed by atoms with Crippen LogP contribution >= 0.6 is 0 Å². The molecule has 1 aliphatic heterocycles. The first-order valence-corrected chi connectivity index (χ1v) is 8.22. The Bertz CT molecular complexity index is 864. The van der Waals surface area contributed by atoms with E-state index in [0.29, 0.717) is 11.5 Å². The molecule has 6 heteroatoms. The number of nitrogens with zero attached hydrogens (tertiary/aromatic N) is 4. The number of fused-ring (bicyclic) bond motifs is 1. The number of halogens is 1. The zero-order chi connectivity index (χ0) is 16.7. The van der Waals surface area contributed by atoms with E-state index in [1.807, 2.05) is 19.9 Å². The minimum atomic E-state index is -0.299. The van der Waals surface area contributed by atoms with Gasteiger partial charge in [0.2, 0.25) is 5.95 Å². The molecule has 3 aromatic rings. The zero-order valence-corrected chi connectivity index (χ0v) is 13.8. The lowest BCUT2D eigenvalue weighted by Crippen LogP contribution is -2.34. The maximum absolute atomic E-state index is 13.3. The van der Waals surface area contributed by atoms with Crippen LogP contribution < -0.4 is 4.90 Å². The molecular formula is C18H19FN4O. The van der Waals surface area contributed by atoms with Crippen LogP contribution in [-0.2, 0) is 0 Å². The fourth-order valence-electron chi connectivity index (χ4n) is 3.43. The predicted molar refractivity (Wildman–Crippen MR) is 89.7 cm³/mol. The van der Waals surface area contributed by atoms with Gasteiger partial charge in [-0.05, 0) is 44.9 Å². The molecule has 4 rings (SSSR count). The largest absolute Gasteiger partial charge is 0.356 e. The number of aromatic nitrogens is 3. The van der Waals surface area contributed by atoms with E-state index < -0.39 is 0 Å². The molecule has 3 heterocycles. The lowest BCUT2D eigenvalue weighted by molar-refractivity contribution is 0.415. The molecule has 0 spiro atoms. The number of piperidine rings is 1. The van der Waals surface area contributed by atoms with Gasteiger partial charge >= 0.3 is 0 Å². The Morgan fingerprint density at radius 1 is 1.08 bits per heavy atom. The molecule has 24 heavy (non-hydrogen) atoms.